The molecule has 1 amide bonds. The summed E-state index contributed by atoms with van der Waals surface area (Å²) in [5.41, 5.74) is 0.181. The molecule has 0 aliphatic heterocycles. The predicted octanol–water partition coefficient (Wildman–Crippen LogP) is 2.75. The van der Waals surface area contributed by atoms with E-state index in [1.54, 1.807) is 0 Å². The summed E-state index contributed by atoms with van der Waals surface area (Å²) in [6.45, 7) is 3.87. The van der Waals surface area contributed by atoms with Crippen molar-refractivity contribution in [3.8, 4) is 0 Å². The van der Waals surface area contributed by atoms with Crippen molar-refractivity contribution in [3.63, 3.8) is 0 Å². The van der Waals surface area contributed by atoms with Crippen molar-refractivity contribution in [1.82, 2.24) is 5.32 Å². The molecule has 1 unspecified atom stereocenters. The molecule has 0 radical (unpaired) electrons. The topological polar surface area (TPSA) is 55.4 Å². The Morgan fingerprint density at radius 1 is 1.40 bits per heavy atom. The molecule has 1 aromatic rings. The van der Waals surface area contributed by atoms with E-state index in [1.165, 1.54) is 19.2 Å². The number of hydrogen-bond donors (Lipinski definition) is 1. The molecule has 0 spiro atoms. The lowest BCUT2D eigenvalue weighted by Gasteiger charge is -2.18. The highest BCUT2D eigenvalue weighted by Crippen LogP contribution is 2.13. The molecule has 0 bridgehead atoms. The molecular weight excluding hydrogens is 376 g/mol. The predicted molar refractivity (Wildman–Crippen MR) is 81.8 cm³/mol. The van der Waals surface area contributed by atoms with Gasteiger partial charge in [-0.2, -0.15) is 0 Å². The molecular formula is C14H17FINO3. The van der Waals surface area contributed by atoms with Crippen molar-refractivity contribution in [2.75, 3.05) is 7.11 Å². The summed E-state index contributed by atoms with van der Waals surface area (Å²) in [6, 6.07) is 3.46. The first-order valence-electron chi connectivity index (χ1n) is 6.19. The molecule has 0 aliphatic carbocycles. The van der Waals surface area contributed by atoms with Crippen LogP contribution in [-0.2, 0) is 9.53 Å². The van der Waals surface area contributed by atoms with E-state index in [1.807, 2.05) is 36.4 Å². The third-order valence-electron chi connectivity index (χ3n) is 2.68. The monoisotopic (exact) mass is 393 g/mol. The summed E-state index contributed by atoms with van der Waals surface area (Å²) in [5, 5.41) is 2.58. The minimum Gasteiger partial charge on any atom is -0.467 e. The average molecular weight is 393 g/mol. The zero-order chi connectivity index (χ0) is 15.3. The number of methoxy groups -OCH3 is 1. The highest BCUT2D eigenvalue weighted by atomic mass is 127. The SMILES string of the molecule is COC(=O)C(CC(C)C)NC(=O)c1ccc(I)c(F)c1. The lowest BCUT2D eigenvalue weighted by molar-refractivity contribution is -0.143. The van der Waals surface area contributed by atoms with E-state index in [9.17, 15) is 14.0 Å². The van der Waals surface area contributed by atoms with Crippen molar-refractivity contribution < 1.29 is 18.7 Å². The van der Waals surface area contributed by atoms with Crippen molar-refractivity contribution >= 4 is 34.5 Å². The molecule has 0 fully saturated rings. The lowest BCUT2D eigenvalue weighted by Crippen LogP contribution is -2.42. The van der Waals surface area contributed by atoms with Gasteiger partial charge < -0.3 is 10.1 Å². The van der Waals surface area contributed by atoms with Gasteiger partial charge in [0.15, 0.2) is 0 Å². The molecule has 4 nitrogen and oxygen atoms in total. The molecule has 1 aromatic carbocycles. The summed E-state index contributed by atoms with van der Waals surface area (Å²) in [6.07, 6.45) is 0.464. The van der Waals surface area contributed by atoms with E-state index >= 15 is 0 Å². The van der Waals surface area contributed by atoms with Crippen LogP contribution in [0.4, 0.5) is 4.39 Å². The van der Waals surface area contributed by atoms with E-state index in [2.05, 4.69) is 10.1 Å². The molecule has 1 N–H and O–H groups in total. The summed E-state index contributed by atoms with van der Waals surface area (Å²) in [5.74, 6) is -1.24. The van der Waals surface area contributed by atoms with E-state index in [0.717, 1.165) is 6.07 Å². The van der Waals surface area contributed by atoms with Gasteiger partial charge in [-0.25, -0.2) is 9.18 Å². The van der Waals surface area contributed by atoms with Crippen LogP contribution in [0.3, 0.4) is 0 Å². The fraction of sp³-hybridized carbons (Fsp3) is 0.429. The van der Waals surface area contributed by atoms with E-state index in [4.69, 9.17) is 0 Å². The summed E-state index contributed by atoms with van der Waals surface area (Å²) in [4.78, 5) is 23.7. The zero-order valence-corrected chi connectivity index (χ0v) is 13.7. The number of carbonyl (C=O) groups excluding carboxylic acids is 2. The number of ether oxygens (including phenoxy) is 1. The van der Waals surface area contributed by atoms with Crippen molar-refractivity contribution in [2.45, 2.75) is 26.3 Å². The maximum Gasteiger partial charge on any atom is 0.328 e. The van der Waals surface area contributed by atoms with Gasteiger partial charge in [0, 0.05) is 9.13 Å². The number of carbonyl (C=O) groups is 2. The van der Waals surface area contributed by atoms with Gasteiger partial charge in [0.25, 0.3) is 5.91 Å². The minimum atomic E-state index is -0.727. The zero-order valence-electron chi connectivity index (χ0n) is 11.6. The Labute approximate surface area is 131 Å². The number of halogens is 2. The molecule has 6 heteroatoms. The largest absolute Gasteiger partial charge is 0.467 e. The fourth-order valence-electron chi connectivity index (χ4n) is 1.71. The summed E-state index contributed by atoms with van der Waals surface area (Å²) >= 11 is 1.84. The van der Waals surface area contributed by atoms with Crippen molar-refractivity contribution in [1.29, 1.82) is 0 Å². The number of esters is 1. The Morgan fingerprint density at radius 2 is 2.05 bits per heavy atom. The van der Waals surface area contributed by atoms with Crippen LogP contribution in [0.2, 0.25) is 0 Å². The molecule has 0 aromatic heterocycles. The molecule has 1 atom stereocenters. The third-order valence-corrected chi connectivity index (χ3v) is 3.55. The number of rotatable bonds is 5. The van der Waals surface area contributed by atoms with Crippen molar-refractivity contribution in [2.24, 2.45) is 5.92 Å². The molecule has 20 heavy (non-hydrogen) atoms. The maximum absolute atomic E-state index is 13.4. The molecule has 0 aliphatic rings. The first-order chi connectivity index (χ1) is 9.35. The van der Waals surface area contributed by atoms with E-state index in [0.29, 0.717) is 9.99 Å². The van der Waals surface area contributed by atoms with Crippen LogP contribution in [0, 0.1) is 15.3 Å². The Balaban J connectivity index is 2.84. The standard InChI is InChI=1S/C14H17FINO3/c1-8(2)6-12(14(19)20-3)17-13(18)9-4-5-11(16)10(15)7-9/h4-5,7-8,12H,6H2,1-3H3,(H,17,18). The lowest BCUT2D eigenvalue weighted by atomic mass is 10.0. The summed E-state index contributed by atoms with van der Waals surface area (Å²) < 4.78 is 18.5. The van der Waals surface area contributed by atoms with Crippen molar-refractivity contribution in [3.05, 3.63) is 33.1 Å². The smallest absolute Gasteiger partial charge is 0.328 e. The van der Waals surface area contributed by atoms with Crippen LogP contribution in [-0.4, -0.2) is 25.0 Å². The van der Waals surface area contributed by atoms with Crippen LogP contribution in [0.15, 0.2) is 18.2 Å². The van der Waals surface area contributed by atoms with Crippen LogP contribution >= 0.6 is 22.6 Å². The highest BCUT2D eigenvalue weighted by Gasteiger charge is 2.23. The number of benzene rings is 1. The highest BCUT2D eigenvalue weighted by molar-refractivity contribution is 14.1. The molecule has 0 saturated carbocycles. The average Bonchev–Trinajstić information content (AvgIpc) is 2.39. The van der Waals surface area contributed by atoms with Gasteiger partial charge in [0.05, 0.1) is 7.11 Å². The van der Waals surface area contributed by atoms with Crippen LogP contribution in [0.25, 0.3) is 0 Å². The normalized spacial score (nSPS) is 12.1. The number of hydrogen-bond acceptors (Lipinski definition) is 3. The second-order valence-corrected chi connectivity index (χ2v) is 5.97. The Morgan fingerprint density at radius 3 is 2.55 bits per heavy atom. The minimum absolute atomic E-state index is 0.181. The van der Waals surface area contributed by atoms with Crippen LogP contribution < -0.4 is 5.32 Å². The fourth-order valence-corrected chi connectivity index (χ4v) is 2.04. The molecule has 0 heterocycles. The Kier molecular flexibility index (Phi) is 6.38. The Bertz CT molecular complexity index is 505. The van der Waals surface area contributed by atoms with Gasteiger partial charge >= 0.3 is 5.97 Å². The maximum atomic E-state index is 13.4. The first kappa shape index (κ1) is 16.9. The van der Waals surface area contributed by atoms with Gasteiger partial charge in [0.1, 0.15) is 11.9 Å². The van der Waals surface area contributed by atoms with Gasteiger partial charge in [-0.1, -0.05) is 13.8 Å². The Hall–Kier alpha value is -1.18. The molecule has 110 valence electrons. The first-order valence-corrected chi connectivity index (χ1v) is 7.26. The van der Waals surface area contributed by atoms with Gasteiger partial charge in [-0.05, 0) is 53.1 Å². The van der Waals surface area contributed by atoms with Crippen LogP contribution in [0.5, 0.6) is 0 Å². The van der Waals surface area contributed by atoms with E-state index < -0.39 is 23.7 Å². The third kappa shape index (κ3) is 4.73. The second kappa shape index (κ2) is 7.56. The van der Waals surface area contributed by atoms with E-state index in [-0.39, 0.29) is 11.5 Å². The molecule has 0 saturated heterocycles. The van der Waals surface area contributed by atoms with Gasteiger partial charge in [-0.15, -0.1) is 0 Å². The quantitative estimate of drug-likeness (QED) is 0.619. The van der Waals surface area contributed by atoms with Crippen LogP contribution in [0.1, 0.15) is 30.6 Å². The van der Waals surface area contributed by atoms with Gasteiger partial charge in [0.2, 0.25) is 0 Å². The molecule has 1 rings (SSSR count). The number of amides is 1. The van der Waals surface area contributed by atoms with Gasteiger partial charge in [-0.3, -0.25) is 4.79 Å². The second-order valence-electron chi connectivity index (χ2n) is 4.81. The summed E-state index contributed by atoms with van der Waals surface area (Å²) in [7, 11) is 1.27. The number of nitrogens with one attached hydrogen (secondary N) is 1.